The fourth-order valence-corrected chi connectivity index (χ4v) is 1.90. The Morgan fingerprint density at radius 2 is 2.21 bits per heavy atom. The molecule has 0 saturated carbocycles. The van der Waals surface area contributed by atoms with Crippen molar-refractivity contribution in [3.8, 4) is 5.75 Å². The SMILES string of the molecule is COc1ccccc1N1CCC(N)C1. The summed E-state index contributed by atoms with van der Waals surface area (Å²) in [6, 6.07) is 8.38. The molecule has 1 saturated heterocycles. The summed E-state index contributed by atoms with van der Waals surface area (Å²) in [5.41, 5.74) is 7.03. The molecule has 1 aliphatic heterocycles. The quantitative estimate of drug-likeness (QED) is 0.766. The molecule has 1 aromatic rings. The van der Waals surface area contributed by atoms with Crippen molar-refractivity contribution in [1.29, 1.82) is 0 Å². The zero-order chi connectivity index (χ0) is 9.97. The Hall–Kier alpha value is -1.22. The molecule has 1 fully saturated rings. The van der Waals surface area contributed by atoms with Crippen molar-refractivity contribution in [3.63, 3.8) is 0 Å². The molecular weight excluding hydrogens is 176 g/mol. The highest BCUT2D eigenvalue weighted by Gasteiger charge is 2.21. The molecule has 1 unspecified atom stereocenters. The van der Waals surface area contributed by atoms with Crippen LogP contribution in [0.3, 0.4) is 0 Å². The van der Waals surface area contributed by atoms with Gasteiger partial charge in [-0.2, -0.15) is 0 Å². The number of para-hydroxylation sites is 2. The second kappa shape index (κ2) is 3.88. The average molecular weight is 192 g/mol. The number of nitrogens with two attached hydrogens (primary N) is 1. The van der Waals surface area contributed by atoms with Crippen LogP contribution in [-0.4, -0.2) is 26.2 Å². The maximum atomic E-state index is 5.87. The molecule has 0 aliphatic carbocycles. The summed E-state index contributed by atoms with van der Waals surface area (Å²) >= 11 is 0. The third-order valence-corrected chi connectivity index (χ3v) is 2.65. The molecule has 0 bridgehead atoms. The number of ether oxygens (including phenoxy) is 1. The van der Waals surface area contributed by atoms with Gasteiger partial charge >= 0.3 is 0 Å². The largest absolute Gasteiger partial charge is 0.495 e. The Morgan fingerprint density at radius 3 is 2.86 bits per heavy atom. The van der Waals surface area contributed by atoms with Crippen molar-refractivity contribution in [2.75, 3.05) is 25.1 Å². The molecular formula is C11H16N2O. The molecule has 2 rings (SSSR count). The van der Waals surface area contributed by atoms with Crippen LogP contribution in [0.1, 0.15) is 6.42 Å². The molecule has 1 atom stereocenters. The number of rotatable bonds is 2. The first-order valence-corrected chi connectivity index (χ1v) is 4.95. The molecule has 0 spiro atoms. The van der Waals surface area contributed by atoms with Gasteiger partial charge in [-0.05, 0) is 18.6 Å². The molecule has 76 valence electrons. The first-order valence-electron chi connectivity index (χ1n) is 4.95. The number of hydrogen-bond donors (Lipinski definition) is 1. The highest BCUT2D eigenvalue weighted by molar-refractivity contribution is 5.59. The maximum absolute atomic E-state index is 5.87. The van der Waals surface area contributed by atoms with Crippen LogP contribution in [0.25, 0.3) is 0 Å². The van der Waals surface area contributed by atoms with Crippen molar-refractivity contribution in [1.82, 2.24) is 0 Å². The zero-order valence-electron chi connectivity index (χ0n) is 8.44. The molecule has 0 amide bonds. The van der Waals surface area contributed by atoms with E-state index in [4.69, 9.17) is 10.5 Å². The van der Waals surface area contributed by atoms with E-state index in [1.807, 2.05) is 18.2 Å². The number of benzene rings is 1. The van der Waals surface area contributed by atoms with Crippen molar-refractivity contribution in [2.24, 2.45) is 5.73 Å². The standard InChI is InChI=1S/C11H16N2O/c1-14-11-5-3-2-4-10(11)13-7-6-9(12)8-13/h2-5,9H,6-8,12H2,1H3. The van der Waals surface area contributed by atoms with Crippen LogP contribution >= 0.6 is 0 Å². The highest BCUT2D eigenvalue weighted by atomic mass is 16.5. The van der Waals surface area contributed by atoms with Crippen LogP contribution in [0.2, 0.25) is 0 Å². The van der Waals surface area contributed by atoms with Crippen LogP contribution in [0, 0.1) is 0 Å². The summed E-state index contributed by atoms with van der Waals surface area (Å²) < 4.78 is 5.31. The Balaban J connectivity index is 2.22. The van der Waals surface area contributed by atoms with E-state index in [-0.39, 0.29) is 0 Å². The number of methoxy groups -OCH3 is 1. The molecule has 0 radical (unpaired) electrons. The minimum Gasteiger partial charge on any atom is -0.495 e. The van der Waals surface area contributed by atoms with E-state index in [1.54, 1.807) is 7.11 Å². The molecule has 1 heterocycles. The minimum atomic E-state index is 0.305. The van der Waals surface area contributed by atoms with Crippen molar-refractivity contribution in [3.05, 3.63) is 24.3 Å². The predicted octanol–water partition coefficient (Wildman–Crippen LogP) is 1.23. The molecule has 1 aliphatic rings. The Bertz CT molecular complexity index is 314. The monoisotopic (exact) mass is 192 g/mol. The molecule has 2 N–H and O–H groups in total. The lowest BCUT2D eigenvalue weighted by Crippen LogP contribution is -2.26. The smallest absolute Gasteiger partial charge is 0.142 e. The van der Waals surface area contributed by atoms with Crippen LogP contribution in [-0.2, 0) is 0 Å². The van der Waals surface area contributed by atoms with Crippen molar-refractivity contribution < 1.29 is 4.74 Å². The first-order chi connectivity index (χ1) is 6.81. The van der Waals surface area contributed by atoms with Crippen LogP contribution in [0.4, 0.5) is 5.69 Å². The van der Waals surface area contributed by atoms with Gasteiger partial charge in [0.2, 0.25) is 0 Å². The van der Waals surface area contributed by atoms with Crippen LogP contribution < -0.4 is 15.4 Å². The van der Waals surface area contributed by atoms with Gasteiger partial charge in [-0.25, -0.2) is 0 Å². The summed E-state index contributed by atoms with van der Waals surface area (Å²) in [4.78, 5) is 2.28. The molecule has 3 nitrogen and oxygen atoms in total. The molecule has 3 heteroatoms. The Kier molecular flexibility index (Phi) is 2.59. The van der Waals surface area contributed by atoms with E-state index in [2.05, 4.69) is 11.0 Å². The second-order valence-corrected chi connectivity index (χ2v) is 3.67. The van der Waals surface area contributed by atoms with Gasteiger partial charge in [0.1, 0.15) is 5.75 Å². The topological polar surface area (TPSA) is 38.5 Å². The van der Waals surface area contributed by atoms with E-state index in [1.165, 1.54) is 0 Å². The van der Waals surface area contributed by atoms with Gasteiger partial charge in [-0.15, -0.1) is 0 Å². The normalized spacial score (nSPS) is 21.3. The van der Waals surface area contributed by atoms with Crippen molar-refractivity contribution >= 4 is 5.69 Å². The van der Waals surface area contributed by atoms with Gasteiger partial charge in [0.05, 0.1) is 12.8 Å². The van der Waals surface area contributed by atoms with Gasteiger partial charge in [0.15, 0.2) is 0 Å². The molecule has 14 heavy (non-hydrogen) atoms. The van der Waals surface area contributed by atoms with Crippen LogP contribution in [0.15, 0.2) is 24.3 Å². The fraction of sp³-hybridized carbons (Fsp3) is 0.455. The Labute approximate surface area is 84.5 Å². The van der Waals surface area contributed by atoms with E-state index < -0.39 is 0 Å². The zero-order valence-corrected chi connectivity index (χ0v) is 8.44. The van der Waals surface area contributed by atoms with Crippen molar-refractivity contribution in [2.45, 2.75) is 12.5 Å². The molecule has 0 aromatic heterocycles. The molecule has 1 aromatic carbocycles. The van der Waals surface area contributed by atoms with Gasteiger partial charge in [-0.3, -0.25) is 0 Å². The summed E-state index contributed by atoms with van der Waals surface area (Å²) in [6.07, 6.45) is 1.07. The fourth-order valence-electron chi connectivity index (χ4n) is 1.90. The first kappa shape index (κ1) is 9.34. The Morgan fingerprint density at radius 1 is 1.43 bits per heavy atom. The van der Waals surface area contributed by atoms with E-state index >= 15 is 0 Å². The number of hydrogen-bond acceptors (Lipinski definition) is 3. The maximum Gasteiger partial charge on any atom is 0.142 e. The summed E-state index contributed by atoms with van der Waals surface area (Å²) in [6.45, 7) is 1.96. The lowest BCUT2D eigenvalue weighted by molar-refractivity contribution is 0.415. The van der Waals surface area contributed by atoms with Crippen LogP contribution in [0.5, 0.6) is 5.75 Å². The third-order valence-electron chi connectivity index (χ3n) is 2.65. The van der Waals surface area contributed by atoms with Gasteiger partial charge in [0.25, 0.3) is 0 Å². The van der Waals surface area contributed by atoms with E-state index in [0.29, 0.717) is 6.04 Å². The minimum absolute atomic E-state index is 0.305. The summed E-state index contributed by atoms with van der Waals surface area (Å²) in [5, 5.41) is 0. The number of anilines is 1. The summed E-state index contributed by atoms with van der Waals surface area (Å²) in [5.74, 6) is 0.932. The average Bonchev–Trinajstić information content (AvgIpc) is 2.65. The second-order valence-electron chi connectivity index (χ2n) is 3.67. The van der Waals surface area contributed by atoms with Gasteiger partial charge in [-0.1, -0.05) is 12.1 Å². The third kappa shape index (κ3) is 1.68. The lowest BCUT2D eigenvalue weighted by Gasteiger charge is -2.20. The predicted molar refractivity (Wildman–Crippen MR) is 57.8 cm³/mol. The van der Waals surface area contributed by atoms with Gasteiger partial charge in [0, 0.05) is 19.1 Å². The highest BCUT2D eigenvalue weighted by Crippen LogP contribution is 2.29. The lowest BCUT2D eigenvalue weighted by atomic mass is 10.2. The van der Waals surface area contributed by atoms with E-state index in [0.717, 1.165) is 30.9 Å². The summed E-state index contributed by atoms with van der Waals surface area (Å²) in [7, 11) is 1.70. The van der Waals surface area contributed by atoms with Gasteiger partial charge < -0.3 is 15.4 Å². The number of nitrogens with zero attached hydrogens (tertiary/aromatic N) is 1. The van der Waals surface area contributed by atoms with E-state index in [9.17, 15) is 0 Å².